The Labute approximate surface area is 117 Å². The van der Waals surface area contributed by atoms with Gasteiger partial charge in [0.25, 0.3) is 0 Å². The van der Waals surface area contributed by atoms with E-state index in [-0.39, 0.29) is 5.92 Å². The van der Waals surface area contributed by atoms with Crippen molar-refractivity contribution in [1.82, 2.24) is 0 Å². The van der Waals surface area contributed by atoms with Gasteiger partial charge in [-0.2, -0.15) is 10.5 Å². The fourth-order valence-electron chi connectivity index (χ4n) is 2.95. The second-order valence-electron chi connectivity index (χ2n) is 5.05. The molecule has 1 unspecified atom stereocenters. The molecule has 96 valence electrons. The van der Waals surface area contributed by atoms with Gasteiger partial charge in [0.1, 0.15) is 0 Å². The maximum Gasteiger partial charge on any atom is 0.0991 e. The Kier molecular flexibility index (Phi) is 2.79. The van der Waals surface area contributed by atoms with Crippen molar-refractivity contribution in [2.75, 3.05) is 0 Å². The van der Waals surface area contributed by atoms with E-state index in [1.807, 2.05) is 24.3 Å². The molecule has 1 N–H and O–H groups in total. The van der Waals surface area contributed by atoms with Gasteiger partial charge in [-0.1, -0.05) is 12.1 Å². The Bertz CT molecular complexity index is 715. The average molecular weight is 260 g/mol. The Balaban J connectivity index is 2.31. The third-order valence-electron chi connectivity index (χ3n) is 3.81. The van der Waals surface area contributed by atoms with Crippen molar-refractivity contribution in [2.24, 2.45) is 0 Å². The maximum atomic E-state index is 10.1. The van der Waals surface area contributed by atoms with E-state index in [0.717, 1.165) is 22.3 Å². The summed E-state index contributed by atoms with van der Waals surface area (Å²) in [6.45, 7) is 1.76. The van der Waals surface area contributed by atoms with Crippen LogP contribution in [0.15, 0.2) is 36.4 Å². The van der Waals surface area contributed by atoms with Gasteiger partial charge in [0.2, 0.25) is 0 Å². The Morgan fingerprint density at radius 1 is 0.950 bits per heavy atom. The van der Waals surface area contributed by atoms with E-state index in [4.69, 9.17) is 10.5 Å². The number of aliphatic hydroxyl groups is 1. The lowest BCUT2D eigenvalue weighted by Crippen LogP contribution is -2.13. The average Bonchev–Trinajstić information content (AvgIpc) is 2.79. The molecule has 0 fully saturated rings. The molecule has 1 atom stereocenters. The molecule has 3 heteroatoms. The van der Waals surface area contributed by atoms with E-state index in [9.17, 15) is 5.11 Å². The summed E-state index contributed by atoms with van der Waals surface area (Å²) in [4.78, 5) is 0. The van der Waals surface area contributed by atoms with Gasteiger partial charge >= 0.3 is 0 Å². The monoisotopic (exact) mass is 260 g/mol. The van der Waals surface area contributed by atoms with Crippen LogP contribution in [-0.4, -0.2) is 11.2 Å². The number of fused-ring (bicyclic) bond motifs is 3. The molecule has 2 aromatic carbocycles. The standard InChI is InChI=1S/C17H12N2O/c1-10(20)17-13-4-2-11(8-18)6-15(13)16-7-12(9-19)3-5-14(16)17/h2-7,10,17,20H,1H3. The van der Waals surface area contributed by atoms with Gasteiger partial charge in [0.05, 0.1) is 29.4 Å². The van der Waals surface area contributed by atoms with Crippen LogP contribution in [0.4, 0.5) is 0 Å². The minimum Gasteiger partial charge on any atom is -0.392 e. The summed E-state index contributed by atoms with van der Waals surface area (Å²) in [5.74, 6) is -0.0968. The molecular formula is C17H12N2O. The number of hydrogen-bond acceptors (Lipinski definition) is 3. The highest BCUT2D eigenvalue weighted by atomic mass is 16.3. The van der Waals surface area contributed by atoms with Crippen molar-refractivity contribution >= 4 is 0 Å². The largest absolute Gasteiger partial charge is 0.392 e. The van der Waals surface area contributed by atoms with Crippen LogP contribution in [-0.2, 0) is 0 Å². The lowest BCUT2D eigenvalue weighted by Gasteiger charge is -2.16. The molecule has 0 bridgehead atoms. The molecule has 0 aromatic heterocycles. The van der Waals surface area contributed by atoms with Crippen molar-refractivity contribution in [1.29, 1.82) is 10.5 Å². The van der Waals surface area contributed by atoms with Gasteiger partial charge in [-0.3, -0.25) is 0 Å². The molecule has 3 rings (SSSR count). The van der Waals surface area contributed by atoms with E-state index in [1.54, 1.807) is 19.1 Å². The van der Waals surface area contributed by atoms with E-state index in [0.29, 0.717) is 11.1 Å². The molecule has 0 saturated carbocycles. The smallest absolute Gasteiger partial charge is 0.0991 e. The third-order valence-corrected chi connectivity index (χ3v) is 3.81. The number of aliphatic hydroxyl groups excluding tert-OH is 1. The van der Waals surface area contributed by atoms with Gasteiger partial charge in [0.15, 0.2) is 0 Å². The van der Waals surface area contributed by atoms with Crippen LogP contribution in [0.2, 0.25) is 0 Å². The quantitative estimate of drug-likeness (QED) is 0.857. The summed E-state index contributed by atoms with van der Waals surface area (Å²) in [5.41, 5.74) is 5.10. The molecule has 20 heavy (non-hydrogen) atoms. The molecule has 0 aliphatic heterocycles. The van der Waals surface area contributed by atoms with Crippen molar-refractivity contribution in [3.8, 4) is 23.3 Å². The summed E-state index contributed by atoms with van der Waals surface area (Å²) < 4.78 is 0. The molecular weight excluding hydrogens is 248 g/mol. The van der Waals surface area contributed by atoms with Crippen LogP contribution in [0.5, 0.6) is 0 Å². The van der Waals surface area contributed by atoms with E-state index < -0.39 is 6.10 Å². The number of benzene rings is 2. The Morgan fingerprint density at radius 2 is 1.40 bits per heavy atom. The summed E-state index contributed by atoms with van der Waals surface area (Å²) in [6, 6.07) is 15.3. The topological polar surface area (TPSA) is 67.8 Å². The summed E-state index contributed by atoms with van der Waals surface area (Å²) in [5, 5.41) is 28.2. The second kappa shape index (κ2) is 4.49. The fraction of sp³-hybridized carbons (Fsp3) is 0.176. The van der Waals surface area contributed by atoms with Crippen molar-refractivity contribution in [3.05, 3.63) is 58.7 Å². The number of nitriles is 2. The van der Waals surface area contributed by atoms with E-state index in [2.05, 4.69) is 12.1 Å². The predicted octanol–water partition coefficient (Wildman–Crippen LogP) is 2.92. The zero-order valence-electron chi connectivity index (χ0n) is 11.0. The van der Waals surface area contributed by atoms with Crippen LogP contribution >= 0.6 is 0 Å². The molecule has 0 amide bonds. The second-order valence-corrected chi connectivity index (χ2v) is 5.05. The lowest BCUT2D eigenvalue weighted by molar-refractivity contribution is 0.178. The number of nitrogens with zero attached hydrogens (tertiary/aromatic N) is 2. The highest BCUT2D eigenvalue weighted by molar-refractivity contribution is 5.81. The van der Waals surface area contributed by atoms with Crippen molar-refractivity contribution < 1.29 is 5.11 Å². The van der Waals surface area contributed by atoms with Gasteiger partial charge in [-0.25, -0.2) is 0 Å². The molecule has 0 spiro atoms. The van der Waals surface area contributed by atoms with Gasteiger partial charge in [0, 0.05) is 5.92 Å². The van der Waals surface area contributed by atoms with Gasteiger partial charge in [-0.05, 0) is 53.4 Å². The SMILES string of the molecule is CC(O)C1c2ccc(C#N)cc2-c2cc(C#N)ccc21. The van der Waals surface area contributed by atoms with Crippen LogP contribution in [0, 0.1) is 22.7 Å². The van der Waals surface area contributed by atoms with Crippen LogP contribution in [0.3, 0.4) is 0 Å². The number of rotatable bonds is 1. The molecule has 1 aliphatic carbocycles. The Hall–Kier alpha value is -2.62. The lowest BCUT2D eigenvalue weighted by atomic mass is 9.91. The third kappa shape index (κ3) is 1.69. The highest BCUT2D eigenvalue weighted by Gasteiger charge is 2.32. The van der Waals surface area contributed by atoms with Crippen LogP contribution in [0.25, 0.3) is 11.1 Å². The molecule has 0 heterocycles. The van der Waals surface area contributed by atoms with Crippen molar-refractivity contribution in [2.45, 2.75) is 18.9 Å². The first-order chi connectivity index (χ1) is 9.65. The minimum atomic E-state index is -0.518. The predicted molar refractivity (Wildman–Crippen MR) is 74.8 cm³/mol. The first-order valence-corrected chi connectivity index (χ1v) is 6.42. The van der Waals surface area contributed by atoms with Crippen LogP contribution in [0.1, 0.15) is 35.1 Å². The summed E-state index contributed by atoms with van der Waals surface area (Å²) in [6.07, 6.45) is -0.518. The summed E-state index contributed by atoms with van der Waals surface area (Å²) in [7, 11) is 0. The Morgan fingerprint density at radius 3 is 1.75 bits per heavy atom. The molecule has 1 aliphatic rings. The van der Waals surface area contributed by atoms with Gasteiger partial charge < -0.3 is 5.11 Å². The molecule has 0 saturated heterocycles. The highest BCUT2D eigenvalue weighted by Crippen LogP contribution is 2.46. The molecule has 3 nitrogen and oxygen atoms in total. The van der Waals surface area contributed by atoms with E-state index >= 15 is 0 Å². The molecule has 0 radical (unpaired) electrons. The number of hydrogen-bond donors (Lipinski definition) is 1. The van der Waals surface area contributed by atoms with Crippen LogP contribution < -0.4 is 0 Å². The van der Waals surface area contributed by atoms with Crippen molar-refractivity contribution in [3.63, 3.8) is 0 Å². The molecule has 2 aromatic rings. The fourth-order valence-corrected chi connectivity index (χ4v) is 2.95. The first kappa shape index (κ1) is 12.4. The summed E-state index contributed by atoms with van der Waals surface area (Å²) >= 11 is 0. The zero-order chi connectivity index (χ0) is 14.3. The van der Waals surface area contributed by atoms with E-state index in [1.165, 1.54) is 0 Å². The normalized spacial score (nSPS) is 14.0. The maximum absolute atomic E-state index is 10.1. The minimum absolute atomic E-state index is 0.0968. The zero-order valence-corrected chi connectivity index (χ0v) is 11.0. The first-order valence-electron chi connectivity index (χ1n) is 6.42. The van der Waals surface area contributed by atoms with Gasteiger partial charge in [-0.15, -0.1) is 0 Å².